The Hall–Kier alpha value is -1.46. The molecule has 10 nitrogen and oxygen atoms in total. The molecule has 0 aromatic carbocycles. The van der Waals surface area contributed by atoms with E-state index in [1.807, 2.05) is 69.2 Å². The first-order valence-electron chi connectivity index (χ1n) is 9.91. The molecule has 0 spiro atoms. The van der Waals surface area contributed by atoms with Crippen molar-refractivity contribution in [2.45, 2.75) is 92.6 Å². The number of esters is 1. The molecular formula is C21H49N3O7. The van der Waals surface area contributed by atoms with Crippen molar-refractivity contribution in [3.63, 3.8) is 0 Å². The van der Waals surface area contributed by atoms with Crippen LogP contribution < -0.4 is 5.73 Å². The smallest absolute Gasteiger partial charge is 0.311 e. The van der Waals surface area contributed by atoms with Gasteiger partial charge in [0.25, 0.3) is 0 Å². The van der Waals surface area contributed by atoms with Crippen molar-refractivity contribution >= 4 is 11.8 Å². The minimum absolute atomic E-state index is 0. The van der Waals surface area contributed by atoms with Gasteiger partial charge in [0, 0.05) is 13.0 Å². The number of carbonyl (C=O) groups is 2. The summed E-state index contributed by atoms with van der Waals surface area (Å²) in [6.45, 7) is 19.4. The third kappa shape index (κ3) is 24.7. The average Bonchev–Trinajstić information content (AvgIpc) is 2.66. The topological polar surface area (TPSA) is 187 Å². The first kappa shape index (κ1) is 40.0. The zero-order valence-corrected chi connectivity index (χ0v) is 21.6. The minimum Gasteiger partial charge on any atom is -0.469 e. The Morgan fingerprint density at radius 1 is 0.839 bits per heavy atom. The van der Waals surface area contributed by atoms with Crippen LogP contribution in [0.2, 0.25) is 0 Å². The van der Waals surface area contributed by atoms with Gasteiger partial charge in [0.2, 0.25) is 0 Å². The van der Waals surface area contributed by atoms with Crippen LogP contribution >= 0.6 is 0 Å². The van der Waals surface area contributed by atoms with Crippen LogP contribution in [0.1, 0.15) is 69.2 Å². The maximum atomic E-state index is 11.2. The maximum Gasteiger partial charge on any atom is 0.311 e. The predicted octanol–water partition coefficient (Wildman–Crippen LogP) is 2.73. The van der Waals surface area contributed by atoms with Crippen LogP contribution in [0.4, 0.5) is 0 Å². The first-order valence-corrected chi connectivity index (χ1v) is 9.91. The van der Waals surface area contributed by atoms with Crippen LogP contribution in [-0.2, 0) is 23.8 Å². The molecule has 0 aliphatic rings. The van der Waals surface area contributed by atoms with Gasteiger partial charge in [-0.25, -0.2) is 11.1 Å². The van der Waals surface area contributed by atoms with Gasteiger partial charge in [-0.15, -0.1) is 0 Å². The van der Waals surface area contributed by atoms with Crippen LogP contribution in [-0.4, -0.2) is 66.5 Å². The molecule has 31 heavy (non-hydrogen) atoms. The Balaban J connectivity index is -0.000000122. The lowest BCUT2D eigenvalue weighted by Gasteiger charge is -2.28. The number of nitrogens with one attached hydrogen (secondary N) is 2. The van der Waals surface area contributed by atoms with Crippen molar-refractivity contribution in [3.05, 3.63) is 0 Å². The maximum absolute atomic E-state index is 11.2. The molecule has 2 unspecified atom stereocenters. The fourth-order valence-corrected chi connectivity index (χ4v) is 2.14. The second kappa shape index (κ2) is 20.4. The Kier molecular flexibility index (Phi) is 26.3. The molecule has 0 bridgehead atoms. The van der Waals surface area contributed by atoms with Crippen LogP contribution in [0.3, 0.4) is 0 Å². The number of ketones is 1. The molecule has 0 fully saturated rings. The summed E-state index contributed by atoms with van der Waals surface area (Å²) in [7, 11) is 2.39. The van der Waals surface area contributed by atoms with Gasteiger partial charge in [-0.05, 0) is 62.3 Å². The van der Waals surface area contributed by atoms with Gasteiger partial charge in [0.15, 0.2) is 5.78 Å². The Morgan fingerprint density at radius 3 is 1.35 bits per heavy atom. The standard InChI is InChI=1S/C10H21NO2.C10H20O3.CH4O.H2N2.H2O/c1-7(9(12)6-11)8(2)13-10(3,4)5;1-7(9(11)12-6)8(2)13-10(3,4)5;2*1-2;/h7-8H,6,11H2,1-5H3;7-8H,1-6H3;2H,1H3;1-2H;1H2/t2*7-,8?;;;/m00.../s1. The largest absolute Gasteiger partial charge is 0.469 e. The molecule has 0 aliphatic carbocycles. The number of carbonyl (C=O) groups excluding carboxylic acids is 2. The third-order valence-corrected chi connectivity index (χ3v) is 3.77. The van der Waals surface area contributed by atoms with Crippen molar-refractivity contribution in [1.29, 1.82) is 11.1 Å². The van der Waals surface area contributed by atoms with Gasteiger partial charge < -0.3 is 30.5 Å². The molecule has 0 radical (unpaired) electrons. The predicted molar refractivity (Wildman–Crippen MR) is 122 cm³/mol. The highest BCUT2D eigenvalue weighted by Crippen LogP contribution is 2.17. The number of methoxy groups -OCH3 is 1. The molecule has 0 heterocycles. The lowest BCUT2D eigenvalue weighted by molar-refractivity contribution is -0.154. The highest BCUT2D eigenvalue weighted by molar-refractivity contribution is 5.82. The van der Waals surface area contributed by atoms with E-state index < -0.39 is 0 Å². The third-order valence-electron chi connectivity index (χ3n) is 3.77. The molecule has 0 saturated carbocycles. The van der Waals surface area contributed by atoms with Crippen LogP contribution in [0.25, 0.3) is 0 Å². The molecule has 0 aromatic rings. The second-order valence-corrected chi connectivity index (χ2v) is 8.64. The van der Waals surface area contributed by atoms with Crippen LogP contribution in [0.5, 0.6) is 0 Å². The van der Waals surface area contributed by atoms with E-state index >= 15 is 0 Å². The number of aliphatic hydroxyl groups is 1. The summed E-state index contributed by atoms with van der Waals surface area (Å²) in [4.78, 5) is 22.4. The van der Waals surface area contributed by atoms with E-state index in [0.29, 0.717) is 0 Å². The zero-order valence-electron chi connectivity index (χ0n) is 21.6. The quantitative estimate of drug-likeness (QED) is 0.335. The molecule has 0 rings (SSSR count). The summed E-state index contributed by atoms with van der Waals surface area (Å²) < 4.78 is 15.9. The lowest BCUT2D eigenvalue weighted by atomic mass is 10.00. The van der Waals surface area contributed by atoms with E-state index in [2.05, 4.69) is 4.74 Å². The van der Waals surface area contributed by atoms with Crippen molar-refractivity contribution in [3.8, 4) is 0 Å². The van der Waals surface area contributed by atoms with E-state index in [9.17, 15) is 9.59 Å². The molecular weight excluding hydrogens is 406 g/mol. The summed E-state index contributed by atoms with van der Waals surface area (Å²) in [5.41, 5.74) is 14.8. The molecule has 0 saturated heterocycles. The normalized spacial score (nSPS) is 14.3. The summed E-state index contributed by atoms with van der Waals surface area (Å²) in [6.07, 6.45) is -0.191. The monoisotopic (exact) mass is 455 g/mol. The SMILES string of the molecule is CC(OC(C)(C)C)[C@H](C)C(=O)CN.CO.COC(=O)[C@@H](C)C(C)OC(C)(C)C.N=N.O. The van der Waals surface area contributed by atoms with Gasteiger partial charge >= 0.3 is 5.97 Å². The minimum atomic E-state index is -0.225. The van der Waals surface area contributed by atoms with E-state index in [4.69, 9.17) is 31.4 Å². The molecule has 7 N–H and O–H groups in total. The molecule has 4 atom stereocenters. The summed E-state index contributed by atoms with van der Waals surface area (Å²) in [5, 5.41) is 7.00. The van der Waals surface area contributed by atoms with Crippen molar-refractivity contribution in [1.82, 2.24) is 0 Å². The number of hydrogen-bond acceptors (Lipinski definition) is 9. The van der Waals surface area contributed by atoms with E-state index in [1.54, 1.807) is 0 Å². The van der Waals surface area contributed by atoms with Gasteiger partial charge in [0.05, 0.1) is 43.0 Å². The molecule has 0 aliphatic heterocycles. The van der Waals surface area contributed by atoms with Gasteiger partial charge in [-0.1, -0.05) is 6.92 Å². The molecule has 190 valence electrons. The van der Waals surface area contributed by atoms with E-state index in [-0.39, 0.29) is 59.0 Å². The Morgan fingerprint density at radius 2 is 1.13 bits per heavy atom. The number of rotatable bonds is 7. The highest BCUT2D eigenvalue weighted by atomic mass is 16.5. The average molecular weight is 456 g/mol. The van der Waals surface area contributed by atoms with Gasteiger partial charge in [-0.3, -0.25) is 9.59 Å². The number of ether oxygens (including phenoxy) is 3. The molecule has 0 aromatic heterocycles. The Bertz CT molecular complexity index is 409. The fourth-order valence-electron chi connectivity index (χ4n) is 2.14. The zero-order chi connectivity index (χ0) is 25.3. The Labute approximate surface area is 188 Å². The first-order chi connectivity index (χ1) is 13.6. The van der Waals surface area contributed by atoms with Gasteiger partial charge in [0.1, 0.15) is 0 Å². The summed E-state index contributed by atoms with van der Waals surface area (Å²) in [6, 6.07) is 0. The van der Waals surface area contributed by atoms with E-state index in [0.717, 1.165) is 7.11 Å². The van der Waals surface area contributed by atoms with Crippen LogP contribution in [0, 0.1) is 22.9 Å². The molecule has 10 heteroatoms. The van der Waals surface area contributed by atoms with Crippen molar-refractivity contribution in [2.24, 2.45) is 17.6 Å². The fraction of sp³-hybridized carbons (Fsp3) is 0.905. The van der Waals surface area contributed by atoms with Gasteiger partial charge in [-0.2, -0.15) is 0 Å². The second-order valence-electron chi connectivity index (χ2n) is 8.64. The molecule has 0 amide bonds. The summed E-state index contributed by atoms with van der Waals surface area (Å²) >= 11 is 0. The number of hydrogen-bond donors (Lipinski definition) is 4. The summed E-state index contributed by atoms with van der Waals surface area (Å²) in [5.74, 6) is -0.512. The van der Waals surface area contributed by atoms with Crippen molar-refractivity contribution < 1.29 is 34.4 Å². The number of nitrogens with two attached hydrogens (primary N) is 1. The highest BCUT2D eigenvalue weighted by Gasteiger charge is 2.26. The lowest BCUT2D eigenvalue weighted by Crippen LogP contribution is -2.35. The van der Waals surface area contributed by atoms with E-state index in [1.165, 1.54) is 7.11 Å². The number of Topliss-reactive ketones (excluding diaryl/α,β-unsaturated/α-hetero) is 1. The van der Waals surface area contributed by atoms with Crippen LogP contribution in [0.15, 0.2) is 0 Å². The van der Waals surface area contributed by atoms with Crippen molar-refractivity contribution in [2.75, 3.05) is 20.8 Å². The number of aliphatic hydroxyl groups excluding tert-OH is 1.